The van der Waals surface area contributed by atoms with Gasteiger partial charge in [0, 0.05) is 29.7 Å². The Kier molecular flexibility index (Phi) is 4.40. The molecule has 1 atom stereocenters. The SMILES string of the molecule is FC(F)(F)Sc1ccccc1NCC1CCOC1. The second kappa shape index (κ2) is 5.84. The van der Waals surface area contributed by atoms with Crippen molar-refractivity contribution in [1.82, 2.24) is 0 Å². The molecule has 100 valence electrons. The van der Waals surface area contributed by atoms with E-state index < -0.39 is 5.51 Å². The van der Waals surface area contributed by atoms with Crippen LogP contribution in [0.3, 0.4) is 0 Å². The van der Waals surface area contributed by atoms with E-state index in [2.05, 4.69) is 5.32 Å². The topological polar surface area (TPSA) is 21.3 Å². The second-order valence-electron chi connectivity index (χ2n) is 4.15. The standard InChI is InChI=1S/C12H14F3NOS/c13-12(14,15)18-11-4-2-1-3-10(11)16-7-9-5-6-17-8-9/h1-4,9,16H,5-8H2. The third kappa shape index (κ3) is 4.10. The third-order valence-corrected chi connectivity index (χ3v) is 3.53. The normalized spacial score (nSPS) is 20.1. The molecule has 1 N–H and O–H groups in total. The molecule has 1 unspecified atom stereocenters. The highest BCUT2D eigenvalue weighted by molar-refractivity contribution is 8.00. The van der Waals surface area contributed by atoms with Crippen molar-refractivity contribution >= 4 is 17.4 Å². The van der Waals surface area contributed by atoms with Gasteiger partial charge in [0.25, 0.3) is 0 Å². The summed E-state index contributed by atoms with van der Waals surface area (Å²) in [7, 11) is 0. The minimum absolute atomic E-state index is 0.0839. The van der Waals surface area contributed by atoms with Crippen molar-refractivity contribution in [2.24, 2.45) is 5.92 Å². The number of benzene rings is 1. The van der Waals surface area contributed by atoms with Crippen molar-refractivity contribution in [1.29, 1.82) is 0 Å². The molecule has 0 aliphatic carbocycles. The first-order chi connectivity index (χ1) is 8.54. The Labute approximate surface area is 108 Å². The molecule has 0 amide bonds. The number of hydrogen-bond acceptors (Lipinski definition) is 3. The zero-order valence-corrected chi connectivity index (χ0v) is 10.5. The molecular formula is C12H14F3NOS. The number of alkyl halides is 3. The molecule has 1 heterocycles. The van der Waals surface area contributed by atoms with E-state index in [0.717, 1.165) is 13.0 Å². The number of rotatable bonds is 4. The van der Waals surface area contributed by atoms with Crippen LogP contribution in [-0.4, -0.2) is 25.3 Å². The van der Waals surface area contributed by atoms with Crippen molar-refractivity contribution in [2.75, 3.05) is 25.1 Å². The van der Waals surface area contributed by atoms with E-state index in [0.29, 0.717) is 24.8 Å². The fourth-order valence-electron chi connectivity index (χ4n) is 1.82. The van der Waals surface area contributed by atoms with Crippen LogP contribution in [0.2, 0.25) is 0 Å². The maximum Gasteiger partial charge on any atom is 0.446 e. The molecule has 0 spiro atoms. The molecule has 2 nitrogen and oxygen atoms in total. The highest BCUT2D eigenvalue weighted by Gasteiger charge is 2.30. The number of hydrogen-bond donors (Lipinski definition) is 1. The van der Waals surface area contributed by atoms with Crippen LogP contribution in [0.25, 0.3) is 0 Å². The average molecular weight is 277 g/mol. The molecule has 1 saturated heterocycles. The van der Waals surface area contributed by atoms with Gasteiger partial charge in [0.1, 0.15) is 0 Å². The van der Waals surface area contributed by atoms with Gasteiger partial charge in [-0.25, -0.2) is 0 Å². The first-order valence-electron chi connectivity index (χ1n) is 5.71. The van der Waals surface area contributed by atoms with Crippen molar-refractivity contribution in [3.05, 3.63) is 24.3 Å². The van der Waals surface area contributed by atoms with Gasteiger partial charge >= 0.3 is 5.51 Å². The van der Waals surface area contributed by atoms with E-state index in [-0.39, 0.29) is 16.7 Å². The van der Waals surface area contributed by atoms with Crippen LogP contribution in [0.4, 0.5) is 18.9 Å². The van der Waals surface area contributed by atoms with Crippen LogP contribution in [-0.2, 0) is 4.74 Å². The molecule has 1 aliphatic heterocycles. The second-order valence-corrected chi connectivity index (χ2v) is 5.26. The zero-order valence-electron chi connectivity index (χ0n) is 9.67. The van der Waals surface area contributed by atoms with Crippen LogP contribution < -0.4 is 5.32 Å². The molecule has 1 aromatic carbocycles. The molecule has 0 aromatic heterocycles. The lowest BCUT2D eigenvalue weighted by Crippen LogP contribution is -2.14. The van der Waals surface area contributed by atoms with Gasteiger partial charge < -0.3 is 10.1 Å². The largest absolute Gasteiger partial charge is 0.446 e. The third-order valence-electron chi connectivity index (χ3n) is 2.72. The summed E-state index contributed by atoms with van der Waals surface area (Å²) in [6.07, 6.45) is 0.960. The van der Waals surface area contributed by atoms with Crippen LogP contribution in [0.5, 0.6) is 0 Å². The Morgan fingerprint density at radius 1 is 1.33 bits per heavy atom. The summed E-state index contributed by atoms with van der Waals surface area (Å²) >= 11 is -0.0839. The van der Waals surface area contributed by atoms with E-state index >= 15 is 0 Å². The molecule has 0 bridgehead atoms. The average Bonchev–Trinajstić information content (AvgIpc) is 2.79. The van der Waals surface area contributed by atoms with Crippen LogP contribution in [0.15, 0.2) is 29.2 Å². The predicted octanol–water partition coefficient (Wildman–Crippen LogP) is 3.75. The molecule has 0 radical (unpaired) electrons. The van der Waals surface area contributed by atoms with Gasteiger partial charge in [-0.15, -0.1) is 0 Å². The Morgan fingerprint density at radius 2 is 2.11 bits per heavy atom. The summed E-state index contributed by atoms with van der Waals surface area (Å²) in [4.78, 5) is 0.212. The Bertz CT molecular complexity index is 391. The van der Waals surface area contributed by atoms with Crippen LogP contribution in [0, 0.1) is 5.92 Å². The van der Waals surface area contributed by atoms with Gasteiger partial charge in [-0.3, -0.25) is 0 Å². The van der Waals surface area contributed by atoms with Gasteiger partial charge in [0.2, 0.25) is 0 Å². The van der Waals surface area contributed by atoms with Gasteiger partial charge in [0.05, 0.1) is 6.61 Å². The number of nitrogens with one attached hydrogen (secondary N) is 1. The predicted molar refractivity (Wildman–Crippen MR) is 65.8 cm³/mol. The van der Waals surface area contributed by atoms with E-state index in [1.807, 2.05) is 0 Å². The fraction of sp³-hybridized carbons (Fsp3) is 0.500. The quantitative estimate of drug-likeness (QED) is 0.847. The monoisotopic (exact) mass is 277 g/mol. The van der Waals surface area contributed by atoms with Crippen molar-refractivity contribution < 1.29 is 17.9 Å². The summed E-state index contributed by atoms with van der Waals surface area (Å²) in [5, 5.41) is 3.08. The van der Waals surface area contributed by atoms with Crippen LogP contribution >= 0.6 is 11.8 Å². The number of halogens is 3. The Balaban J connectivity index is 1.98. The maximum absolute atomic E-state index is 12.4. The zero-order chi connectivity index (χ0) is 13.0. The molecule has 0 saturated carbocycles. The van der Waals surface area contributed by atoms with Gasteiger partial charge in [-0.2, -0.15) is 13.2 Å². The lowest BCUT2D eigenvalue weighted by atomic mass is 10.1. The van der Waals surface area contributed by atoms with Gasteiger partial charge in [0.15, 0.2) is 0 Å². The Morgan fingerprint density at radius 3 is 2.78 bits per heavy atom. The summed E-state index contributed by atoms with van der Waals surface area (Å²) in [6, 6.07) is 6.49. The Hall–Kier alpha value is -0.880. The lowest BCUT2D eigenvalue weighted by molar-refractivity contribution is -0.0327. The van der Waals surface area contributed by atoms with E-state index in [1.165, 1.54) is 6.07 Å². The number of para-hydroxylation sites is 1. The smallest absolute Gasteiger partial charge is 0.384 e. The van der Waals surface area contributed by atoms with Crippen molar-refractivity contribution in [3.8, 4) is 0 Å². The van der Waals surface area contributed by atoms with Crippen LogP contribution in [0.1, 0.15) is 6.42 Å². The fourth-order valence-corrected chi connectivity index (χ4v) is 2.47. The molecule has 1 aliphatic rings. The summed E-state index contributed by atoms with van der Waals surface area (Å²) in [5.41, 5.74) is -3.72. The van der Waals surface area contributed by atoms with Gasteiger partial charge in [-0.1, -0.05) is 12.1 Å². The first kappa shape index (κ1) is 13.5. The van der Waals surface area contributed by atoms with E-state index in [4.69, 9.17) is 4.74 Å². The lowest BCUT2D eigenvalue weighted by Gasteiger charge is -2.15. The number of ether oxygens (including phenoxy) is 1. The molecule has 1 aromatic rings. The minimum Gasteiger partial charge on any atom is -0.384 e. The van der Waals surface area contributed by atoms with Crippen molar-refractivity contribution in [3.63, 3.8) is 0 Å². The maximum atomic E-state index is 12.4. The molecule has 2 rings (SSSR count). The molecular weight excluding hydrogens is 263 g/mol. The summed E-state index contributed by atoms with van der Waals surface area (Å²) in [6.45, 7) is 2.07. The molecule has 6 heteroatoms. The molecule has 18 heavy (non-hydrogen) atoms. The number of thioether (sulfide) groups is 1. The highest BCUT2D eigenvalue weighted by Crippen LogP contribution is 2.40. The minimum atomic E-state index is -4.26. The van der Waals surface area contributed by atoms with E-state index in [1.54, 1.807) is 18.2 Å². The van der Waals surface area contributed by atoms with Crippen molar-refractivity contribution in [2.45, 2.75) is 16.8 Å². The molecule has 1 fully saturated rings. The first-order valence-corrected chi connectivity index (χ1v) is 6.52. The highest BCUT2D eigenvalue weighted by atomic mass is 32.2. The summed E-state index contributed by atoms with van der Waals surface area (Å²) < 4.78 is 42.4. The number of anilines is 1. The van der Waals surface area contributed by atoms with Gasteiger partial charge in [-0.05, 0) is 30.3 Å². The summed E-state index contributed by atoms with van der Waals surface area (Å²) in [5.74, 6) is 0.383. The van der Waals surface area contributed by atoms with E-state index in [9.17, 15) is 13.2 Å².